The molecule has 24 heavy (non-hydrogen) atoms. The fourth-order valence-corrected chi connectivity index (χ4v) is 2.26. The highest BCUT2D eigenvalue weighted by Gasteiger charge is 2.14. The van der Waals surface area contributed by atoms with Crippen LogP contribution in [0.25, 0.3) is 11.0 Å². The molecule has 0 aliphatic heterocycles. The smallest absolute Gasteiger partial charge is 0.343 e. The van der Waals surface area contributed by atoms with E-state index in [4.69, 9.17) is 9.15 Å². The Labute approximate surface area is 138 Å². The molecule has 0 spiro atoms. The summed E-state index contributed by atoms with van der Waals surface area (Å²) < 4.78 is 19.8. The lowest BCUT2D eigenvalue weighted by Crippen LogP contribution is -2.14. The first kappa shape index (κ1) is 17.5. The van der Waals surface area contributed by atoms with Crippen LogP contribution in [0.2, 0.25) is 0 Å². The summed E-state index contributed by atoms with van der Waals surface area (Å²) in [5.74, 6) is -0.546. The second kappa shape index (κ2) is 7.63. The standard InChI is InChI=1S/C17H18O7/c1-10-6-16(19)24-14-8-13(23-9-17(20)22-3)11(7-12(10)14)4-5-15(18)21-2/h6-8H,4-5,9H2,1-3H3. The van der Waals surface area contributed by atoms with E-state index in [0.29, 0.717) is 23.3 Å². The Bertz CT molecular complexity index is 820. The predicted octanol–water partition coefficient (Wildman–Crippen LogP) is 1.76. The first-order valence-corrected chi connectivity index (χ1v) is 7.28. The lowest BCUT2D eigenvalue weighted by molar-refractivity contribution is -0.143. The van der Waals surface area contributed by atoms with Crippen LogP contribution in [0, 0.1) is 6.92 Å². The molecule has 1 aromatic heterocycles. The zero-order valence-electron chi connectivity index (χ0n) is 13.7. The minimum Gasteiger partial charge on any atom is -0.481 e. The average Bonchev–Trinajstić information content (AvgIpc) is 2.57. The second-order valence-electron chi connectivity index (χ2n) is 5.15. The molecule has 0 atom stereocenters. The molecule has 2 rings (SSSR count). The molecule has 1 aromatic carbocycles. The summed E-state index contributed by atoms with van der Waals surface area (Å²) in [6.07, 6.45) is 0.518. The Hall–Kier alpha value is -2.83. The van der Waals surface area contributed by atoms with Gasteiger partial charge in [0.05, 0.1) is 14.2 Å². The molecular weight excluding hydrogens is 316 g/mol. The first-order chi connectivity index (χ1) is 11.4. The van der Waals surface area contributed by atoms with Gasteiger partial charge < -0.3 is 18.6 Å². The molecule has 0 saturated carbocycles. The topological polar surface area (TPSA) is 92.0 Å². The summed E-state index contributed by atoms with van der Waals surface area (Å²) in [6.45, 7) is 1.50. The monoisotopic (exact) mass is 334 g/mol. The molecule has 7 heteroatoms. The molecule has 0 amide bonds. The van der Waals surface area contributed by atoms with Crippen molar-refractivity contribution in [2.45, 2.75) is 19.8 Å². The van der Waals surface area contributed by atoms with Crippen LogP contribution in [0.15, 0.2) is 27.4 Å². The number of benzene rings is 1. The molecule has 0 bridgehead atoms. The zero-order valence-corrected chi connectivity index (χ0v) is 13.7. The van der Waals surface area contributed by atoms with Gasteiger partial charge in [-0.05, 0) is 30.5 Å². The first-order valence-electron chi connectivity index (χ1n) is 7.28. The second-order valence-corrected chi connectivity index (χ2v) is 5.15. The van der Waals surface area contributed by atoms with Crippen molar-refractivity contribution >= 4 is 22.9 Å². The molecular formula is C17H18O7. The maximum atomic E-state index is 11.5. The normalized spacial score (nSPS) is 10.5. The number of hydrogen-bond acceptors (Lipinski definition) is 7. The van der Waals surface area contributed by atoms with Gasteiger partial charge in [-0.25, -0.2) is 9.59 Å². The van der Waals surface area contributed by atoms with Gasteiger partial charge >= 0.3 is 17.6 Å². The third kappa shape index (κ3) is 4.13. The number of aryl methyl sites for hydroxylation is 2. The average molecular weight is 334 g/mol. The summed E-state index contributed by atoms with van der Waals surface area (Å²) >= 11 is 0. The summed E-state index contributed by atoms with van der Waals surface area (Å²) in [6, 6.07) is 4.71. The fraction of sp³-hybridized carbons (Fsp3) is 0.353. The van der Waals surface area contributed by atoms with E-state index in [2.05, 4.69) is 9.47 Å². The van der Waals surface area contributed by atoms with Gasteiger partial charge in [-0.3, -0.25) is 4.79 Å². The predicted molar refractivity (Wildman–Crippen MR) is 85.1 cm³/mol. The number of carbonyl (C=O) groups is 2. The van der Waals surface area contributed by atoms with Crippen molar-refractivity contribution in [2.24, 2.45) is 0 Å². The van der Waals surface area contributed by atoms with Crippen LogP contribution >= 0.6 is 0 Å². The number of hydrogen-bond donors (Lipinski definition) is 0. The van der Waals surface area contributed by atoms with Crippen LogP contribution < -0.4 is 10.4 Å². The van der Waals surface area contributed by atoms with Crippen molar-refractivity contribution in [3.8, 4) is 5.75 Å². The molecule has 0 radical (unpaired) electrons. The SMILES string of the molecule is COC(=O)CCc1cc2c(C)cc(=O)oc2cc1OCC(=O)OC. The van der Waals surface area contributed by atoms with Gasteiger partial charge in [-0.2, -0.15) is 0 Å². The summed E-state index contributed by atoms with van der Waals surface area (Å²) in [5, 5.41) is 0.736. The van der Waals surface area contributed by atoms with Crippen LogP contribution in [0.4, 0.5) is 0 Å². The van der Waals surface area contributed by atoms with Gasteiger partial charge in [0, 0.05) is 23.9 Å². The quantitative estimate of drug-likeness (QED) is 0.587. The maximum Gasteiger partial charge on any atom is 0.343 e. The summed E-state index contributed by atoms with van der Waals surface area (Å²) in [4.78, 5) is 34.2. The van der Waals surface area contributed by atoms with Crippen molar-refractivity contribution in [3.05, 3.63) is 39.7 Å². The third-order valence-electron chi connectivity index (χ3n) is 3.53. The lowest BCUT2D eigenvalue weighted by Gasteiger charge is -2.12. The molecule has 2 aromatic rings. The summed E-state index contributed by atoms with van der Waals surface area (Å²) in [7, 11) is 2.57. The highest BCUT2D eigenvalue weighted by molar-refractivity contribution is 5.83. The zero-order chi connectivity index (χ0) is 17.7. The Kier molecular flexibility index (Phi) is 5.57. The van der Waals surface area contributed by atoms with Crippen LogP contribution in [0.3, 0.4) is 0 Å². The van der Waals surface area contributed by atoms with Crippen LogP contribution in [-0.2, 0) is 25.5 Å². The minimum absolute atomic E-state index is 0.159. The molecule has 0 fully saturated rings. The highest BCUT2D eigenvalue weighted by Crippen LogP contribution is 2.28. The van der Waals surface area contributed by atoms with Crippen LogP contribution in [0.1, 0.15) is 17.5 Å². The largest absolute Gasteiger partial charge is 0.481 e. The highest BCUT2D eigenvalue weighted by atomic mass is 16.6. The Morgan fingerprint density at radius 3 is 2.46 bits per heavy atom. The third-order valence-corrected chi connectivity index (χ3v) is 3.53. The Balaban J connectivity index is 2.42. The van der Waals surface area contributed by atoms with E-state index >= 15 is 0 Å². The van der Waals surface area contributed by atoms with E-state index in [1.807, 2.05) is 0 Å². The Morgan fingerprint density at radius 2 is 1.79 bits per heavy atom. The number of ether oxygens (including phenoxy) is 3. The lowest BCUT2D eigenvalue weighted by atomic mass is 10.0. The van der Waals surface area contributed by atoms with E-state index in [9.17, 15) is 14.4 Å². The van der Waals surface area contributed by atoms with E-state index in [-0.39, 0.29) is 19.0 Å². The van der Waals surface area contributed by atoms with Crippen molar-refractivity contribution < 1.29 is 28.2 Å². The van der Waals surface area contributed by atoms with Gasteiger partial charge in [0.1, 0.15) is 11.3 Å². The molecule has 1 heterocycles. The number of carbonyl (C=O) groups excluding carboxylic acids is 2. The van der Waals surface area contributed by atoms with Crippen LogP contribution in [-0.4, -0.2) is 32.8 Å². The van der Waals surface area contributed by atoms with E-state index in [1.165, 1.54) is 20.3 Å². The van der Waals surface area contributed by atoms with Gasteiger partial charge in [0.25, 0.3) is 0 Å². The van der Waals surface area contributed by atoms with Gasteiger partial charge in [-0.15, -0.1) is 0 Å². The van der Waals surface area contributed by atoms with E-state index in [1.54, 1.807) is 19.1 Å². The van der Waals surface area contributed by atoms with Crippen molar-refractivity contribution in [3.63, 3.8) is 0 Å². The van der Waals surface area contributed by atoms with Gasteiger partial charge in [0.2, 0.25) is 0 Å². The van der Waals surface area contributed by atoms with Crippen LogP contribution in [0.5, 0.6) is 5.75 Å². The molecule has 0 aliphatic carbocycles. The minimum atomic E-state index is -0.542. The maximum absolute atomic E-state index is 11.5. The van der Waals surface area contributed by atoms with Crippen molar-refractivity contribution in [1.29, 1.82) is 0 Å². The number of rotatable bonds is 6. The van der Waals surface area contributed by atoms with Crippen molar-refractivity contribution in [1.82, 2.24) is 0 Å². The molecule has 0 unspecified atom stereocenters. The molecule has 0 aliphatic rings. The Morgan fingerprint density at radius 1 is 1.08 bits per heavy atom. The van der Waals surface area contributed by atoms with Crippen molar-refractivity contribution in [2.75, 3.05) is 20.8 Å². The van der Waals surface area contributed by atoms with E-state index < -0.39 is 11.6 Å². The number of fused-ring (bicyclic) bond motifs is 1. The van der Waals surface area contributed by atoms with E-state index in [0.717, 1.165) is 10.9 Å². The molecule has 128 valence electrons. The number of methoxy groups -OCH3 is 2. The number of esters is 2. The van der Waals surface area contributed by atoms with Gasteiger partial charge in [-0.1, -0.05) is 0 Å². The molecule has 0 saturated heterocycles. The summed E-state index contributed by atoms with van der Waals surface area (Å²) in [5.41, 5.74) is 1.33. The van der Waals surface area contributed by atoms with Gasteiger partial charge in [0.15, 0.2) is 6.61 Å². The molecule has 0 N–H and O–H groups in total. The molecule has 7 nitrogen and oxygen atoms in total. The fourth-order valence-electron chi connectivity index (χ4n) is 2.26.